The predicted molar refractivity (Wildman–Crippen MR) is 77.1 cm³/mol. The lowest BCUT2D eigenvalue weighted by Crippen LogP contribution is -2.04. The first-order chi connectivity index (χ1) is 9.11. The second-order valence-corrected chi connectivity index (χ2v) is 5.50. The van der Waals surface area contributed by atoms with Gasteiger partial charge in [0.25, 0.3) is 0 Å². The minimum absolute atomic E-state index is 0.593. The van der Waals surface area contributed by atoms with Crippen LogP contribution < -0.4 is 5.73 Å². The average Bonchev–Trinajstić information content (AvgIpc) is 3.17. The van der Waals surface area contributed by atoms with Crippen LogP contribution in [0.15, 0.2) is 24.3 Å². The van der Waals surface area contributed by atoms with Crippen LogP contribution in [0.3, 0.4) is 0 Å². The minimum atomic E-state index is 0.593. The maximum absolute atomic E-state index is 5.88. The third kappa shape index (κ3) is 2.75. The van der Waals surface area contributed by atoms with E-state index in [-0.39, 0.29) is 0 Å². The molecule has 3 rings (SSSR count). The van der Waals surface area contributed by atoms with Crippen molar-refractivity contribution in [1.82, 2.24) is 9.97 Å². The fraction of sp³-hybridized carbons (Fsp3) is 0.375. The largest absolute Gasteiger partial charge is 0.384 e. The van der Waals surface area contributed by atoms with E-state index >= 15 is 0 Å². The Bertz CT molecular complexity index is 615. The summed E-state index contributed by atoms with van der Waals surface area (Å²) in [6.07, 6.45) is 3.23. The van der Waals surface area contributed by atoms with Crippen molar-refractivity contribution in [2.75, 3.05) is 5.73 Å². The summed E-state index contributed by atoms with van der Waals surface area (Å²) >= 11 is 0. The van der Waals surface area contributed by atoms with E-state index in [1.807, 2.05) is 6.07 Å². The minimum Gasteiger partial charge on any atom is -0.384 e. The Morgan fingerprint density at radius 2 is 1.89 bits per heavy atom. The van der Waals surface area contributed by atoms with Gasteiger partial charge in [-0.3, -0.25) is 0 Å². The summed E-state index contributed by atoms with van der Waals surface area (Å²) in [5, 5.41) is 0. The molecule has 2 aromatic rings. The van der Waals surface area contributed by atoms with Gasteiger partial charge in [-0.25, -0.2) is 9.97 Å². The maximum atomic E-state index is 5.88. The summed E-state index contributed by atoms with van der Waals surface area (Å²) in [5.41, 5.74) is 10.9. The van der Waals surface area contributed by atoms with Gasteiger partial charge in [-0.15, -0.1) is 0 Å². The number of hydrogen-bond acceptors (Lipinski definition) is 3. The lowest BCUT2D eigenvalue weighted by Gasteiger charge is -2.07. The molecule has 0 radical (unpaired) electrons. The van der Waals surface area contributed by atoms with Gasteiger partial charge in [0.05, 0.1) is 0 Å². The van der Waals surface area contributed by atoms with Gasteiger partial charge < -0.3 is 5.73 Å². The molecule has 0 spiro atoms. The lowest BCUT2D eigenvalue weighted by atomic mass is 10.0. The van der Waals surface area contributed by atoms with Crippen molar-refractivity contribution in [3.05, 3.63) is 52.5 Å². The highest BCUT2D eigenvalue weighted by Crippen LogP contribution is 2.39. The molecule has 3 nitrogen and oxygen atoms in total. The zero-order chi connectivity index (χ0) is 13.4. The number of hydrogen-bond donors (Lipinski definition) is 1. The van der Waals surface area contributed by atoms with E-state index in [0.29, 0.717) is 11.7 Å². The lowest BCUT2D eigenvalue weighted by molar-refractivity contribution is 0.904. The molecule has 0 amide bonds. The first-order valence-corrected chi connectivity index (χ1v) is 6.81. The topological polar surface area (TPSA) is 51.8 Å². The van der Waals surface area contributed by atoms with Crippen molar-refractivity contribution in [2.24, 2.45) is 0 Å². The van der Waals surface area contributed by atoms with E-state index < -0.39 is 0 Å². The molecule has 19 heavy (non-hydrogen) atoms. The molecule has 0 aliphatic heterocycles. The Morgan fingerprint density at radius 1 is 1.11 bits per heavy atom. The first-order valence-electron chi connectivity index (χ1n) is 6.81. The fourth-order valence-electron chi connectivity index (χ4n) is 2.30. The second kappa shape index (κ2) is 4.65. The van der Waals surface area contributed by atoms with Crippen LogP contribution in [0, 0.1) is 13.8 Å². The van der Waals surface area contributed by atoms with Gasteiger partial charge in [0, 0.05) is 24.1 Å². The SMILES string of the molecule is Cc1ccc(Cc2nc(N)cc(C3CC3)n2)cc1C. The number of nitrogens with zero attached hydrogens (tertiary/aromatic N) is 2. The van der Waals surface area contributed by atoms with E-state index in [9.17, 15) is 0 Å². The highest BCUT2D eigenvalue weighted by atomic mass is 14.9. The summed E-state index contributed by atoms with van der Waals surface area (Å²) in [7, 11) is 0. The second-order valence-electron chi connectivity index (χ2n) is 5.50. The van der Waals surface area contributed by atoms with Gasteiger partial charge in [-0.1, -0.05) is 18.2 Å². The van der Waals surface area contributed by atoms with Crippen molar-refractivity contribution >= 4 is 5.82 Å². The van der Waals surface area contributed by atoms with Crippen LogP contribution in [-0.2, 0) is 6.42 Å². The number of nitrogen functional groups attached to an aromatic ring is 1. The number of aryl methyl sites for hydroxylation is 2. The van der Waals surface area contributed by atoms with Crippen LogP contribution in [0.25, 0.3) is 0 Å². The number of benzene rings is 1. The number of nitrogens with two attached hydrogens (primary N) is 1. The maximum Gasteiger partial charge on any atom is 0.135 e. The molecule has 1 fully saturated rings. The highest BCUT2D eigenvalue weighted by molar-refractivity contribution is 5.35. The van der Waals surface area contributed by atoms with E-state index in [4.69, 9.17) is 5.73 Å². The standard InChI is InChI=1S/C16H19N3/c1-10-3-4-12(7-11(10)2)8-16-18-14(13-5-6-13)9-15(17)19-16/h3-4,7,9,13H,5-6,8H2,1-2H3,(H2,17,18,19). The van der Waals surface area contributed by atoms with Crippen LogP contribution in [0.4, 0.5) is 5.82 Å². The molecule has 0 saturated heterocycles. The Morgan fingerprint density at radius 3 is 2.58 bits per heavy atom. The molecule has 98 valence electrons. The monoisotopic (exact) mass is 253 g/mol. The number of aromatic nitrogens is 2. The Labute approximate surface area is 113 Å². The van der Waals surface area contributed by atoms with Gasteiger partial charge in [0.15, 0.2) is 0 Å². The third-order valence-corrected chi connectivity index (χ3v) is 3.74. The van der Waals surface area contributed by atoms with Crippen LogP contribution in [0.5, 0.6) is 0 Å². The number of rotatable bonds is 3. The van der Waals surface area contributed by atoms with Crippen molar-refractivity contribution < 1.29 is 0 Å². The summed E-state index contributed by atoms with van der Waals surface area (Å²) < 4.78 is 0. The van der Waals surface area contributed by atoms with Gasteiger partial charge in [0.1, 0.15) is 11.6 Å². The Kier molecular flexibility index (Phi) is 2.97. The van der Waals surface area contributed by atoms with Crippen molar-refractivity contribution in [3.8, 4) is 0 Å². The van der Waals surface area contributed by atoms with Crippen molar-refractivity contribution in [2.45, 2.75) is 39.0 Å². The molecular formula is C16H19N3. The molecule has 1 aliphatic carbocycles. The van der Waals surface area contributed by atoms with Crippen LogP contribution in [0.1, 0.15) is 47.0 Å². The highest BCUT2D eigenvalue weighted by Gasteiger charge is 2.25. The Hall–Kier alpha value is -1.90. The molecule has 3 heteroatoms. The average molecular weight is 253 g/mol. The molecule has 0 atom stereocenters. The van der Waals surface area contributed by atoms with E-state index in [1.54, 1.807) is 0 Å². The molecule has 1 heterocycles. The summed E-state index contributed by atoms with van der Waals surface area (Å²) in [6.45, 7) is 4.26. The summed E-state index contributed by atoms with van der Waals surface area (Å²) in [5.74, 6) is 2.05. The molecule has 0 unspecified atom stereocenters. The number of anilines is 1. The predicted octanol–water partition coefficient (Wildman–Crippen LogP) is 3.14. The van der Waals surface area contributed by atoms with Gasteiger partial charge in [-0.2, -0.15) is 0 Å². The van der Waals surface area contributed by atoms with Gasteiger partial charge in [0.2, 0.25) is 0 Å². The van der Waals surface area contributed by atoms with E-state index in [0.717, 1.165) is 17.9 Å². The quantitative estimate of drug-likeness (QED) is 0.914. The first kappa shape index (κ1) is 12.2. The van der Waals surface area contributed by atoms with Crippen LogP contribution in [0.2, 0.25) is 0 Å². The molecule has 2 N–H and O–H groups in total. The molecule has 1 aromatic heterocycles. The fourth-order valence-corrected chi connectivity index (χ4v) is 2.30. The Balaban J connectivity index is 1.87. The zero-order valence-corrected chi connectivity index (χ0v) is 11.5. The summed E-state index contributed by atoms with van der Waals surface area (Å²) in [6, 6.07) is 8.42. The molecule has 0 bridgehead atoms. The molecule has 1 aliphatic rings. The van der Waals surface area contributed by atoms with E-state index in [2.05, 4.69) is 42.0 Å². The molecule has 1 saturated carbocycles. The van der Waals surface area contributed by atoms with Crippen molar-refractivity contribution in [1.29, 1.82) is 0 Å². The summed E-state index contributed by atoms with van der Waals surface area (Å²) in [4.78, 5) is 9.01. The normalized spacial score (nSPS) is 14.6. The molecular weight excluding hydrogens is 234 g/mol. The third-order valence-electron chi connectivity index (χ3n) is 3.74. The van der Waals surface area contributed by atoms with Crippen molar-refractivity contribution in [3.63, 3.8) is 0 Å². The van der Waals surface area contributed by atoms with E-state index in [1.165, 1.54) is 29.5 Å². The van der Waals surface area contributed by atoms with Crippen LogP contribution in [-0.4, -0.2) is 9.97 Å². The van der Waals surface area contributed by atoms with Gasteiger partial charge in [-0.05, 0) is 43.4 Å². The van der Waals surface area contributed by atoms with Gasteiger partial charge >= 0.3 is 0 Å². The zero-order valence-electron chi connectivity index (χ0n) is 11.5. The smallest absolute Gasteiger partial charge is 0.135 e. The molecule has 1 aromatic carbocycles. The van der Waals surface area contributed by atoms with Crippen LogP contribution >= 0.6 is 0 Å².